The van der Waals surface area contributed by atoms with Crippen LogP contribution in [-0.4, -0.2) is 77.5 Å². The molecule has 2 N–H and O–H groups in total. The van der Waals surface area contributed by atoms with Gasteiger partial charge in [0.2, 0.25) is 15.8 Å². The van der Waals surface area contributed by atoms with Crippen LogP contribution in [0, 0.1) is 5.82 Å². The molecule has 52 heavy (non-hydrogen) atoms. The summed E-state index contributed by atoms with van der Waals surface area (Å²) >= 11 is 0. The molecule has 4 aromatic rings. The minimum atomic E-state index is -3.73. The van der Waals surface area contributed by atoms with Crippen molar-refractivity contribution < 1.29 is 50.9 Å². The molecule has 1 aliphatic carbocycles. The molecule has 14 heteroatoms. The van der Waals surface area contributed by atoms with Crippen molar-refractivity contribution in [3.63, 3.8) is 0 Å². The van der Waals surface area contributed by atoms with Gasteiger partial charge < -0.3 is 29.1 Å². The Hall–Kier alpha value is -5.05. The number of ether oxygens (including phenoxy) is 3. The smallest absolute Gasteiger partial charge is 0.373 e. The maximum absolute atomic E-state index is 13.7. The summed E-state index contributed by atoms with van der Waals surface area (Å²) in [6, 6.07) is 15.7. The lowest BCUT2D eigenvalue weighted by molar-refractivity contribution is -0.141. The van der Waals surface area contributed by atoms with E-state index in [-0.39, 0.29) is 62.7 Å². The number of allylic oxidation sites excluding steroid dienone is 1. The number of fused-ring (bicyclic) bond motifs is 1. The Balaban J connectivity index is 1.20. The molecule has 0 radical (unpaired) electrons. The maximum Gasteiger partial charge on any atom is 0.373 e. The number of carbonyl (C=O) groups is 3. The quantitative estimate of drug-likeness (QED) is 0.0404. The second kappa shape index (κ2) is 17.0. The van der Waals surface area contributed by atoms with Crippen molar-refractivity contribution in [2.24, 2.45) is 0 Å². The number of benzene rings is 3. The molecule has 1 heterocycles. The number of esters is 1. The normalized spacial score (nSPS) is 13.3. The number of carbonyl (C=O) groups excluding carboxylic acids is 3. The minimum Gasteiger partial charge on any atom is -0.502 e. The van der Waals surface area contributed by atoms with Crippen molar-refractivity contribution >= 4 is 44.3 Å². The summed E-state index contributed by atoms with van der Waals surface area (Å²) in [5, 5.41) is 13.0. The van der Waals surface area contributed by atoms with Gasteiger partial charge in [0.15, 0.2) is 5.78 Å². The highest BCUT2D eigenvalue weighted by molar-refractivity contribution is 7.92. The second-order valence-electron chi connectivity index (χ2n) is 12.2. The molecule has 0 spiro atoms. The lowest BCUT2D eigenvalue weighted by Crippen LogP contribution is -2.32. The molecular formula is C38H41FN2O10S. The predicted octanol–water partition coefficient (Wildman–Crippen LogP) is 6.05. The van der Waals surface area contributed by atoms with E-state index in [9.17, 15) is 32.3 Å². The van der Waals surface area contributed by atoms with Crippen molar-refractivity contribution in [1.29, 1.82) is 0 Å². The van der Waals surface area contributed by atoms with Crippen LogP contribution < -0.4 is 9.62 Å². The highest BCUT2D eigenvalue weighted by atomic mass is 32.2. The first-order valence-electron chi connectivity index (χ1n) is 16.8. The third-order valence-electron chi connectivity index (χ3n) is 8.34. The Morgan fingerprint density at radius 3 is 2.44 bits per heavy atom. The number of anilines is 1. The first-order valence-corrected chi connectivity index (χ1v) is 18.7. The largest absolute Gasteiger partial charge is 0.502 e. The number of furan rings is 1. The summed E-state index contributed by atoms with van der Waals surface area (Å²) in [4.78, 5) is 37.1. The first kappa shape index (κ1) is 38.2. The van der Waals surface area contributed by atoms with Crippen LogP contribution in [0.1, 0.15) is 63.9 Å². The fourth-order valence-electron chi connectivity index (χ4n) is 5.71. The van der Waals surface area contributed by atoms with E-state index in [0.29, 0.717) is 39.8 Å². The second-order valence-corrected chi connectivity index (χ2v) is 14.1. The molecule has 0 atom stereocenters. The minimum absolute atomic E-state index is 0.0661. The lowest BCUT2D eigenvalue weighted by Gasteiger charge is -2.25. The van der Waals surface area contributed by atoms with Gasteiger partial charge in [-0.15, -0.1) is 0 Å². The van der Waals surface area contributed by atoms with Crippen LogP contribution in [0.5, 0.6) is 0 Å². The van der Waals surface area contributed by atoms with E-state index in [0.717, 1.165) is 30.7 Å². The molecule has 1 aliphatic rings. The van der Waals surface area contributed by atoms with Crippen molar-refractivity contribution in [1.82, 2.24) is 5.32 Å². The lowest BCUT2D eigenvalue weighted by atomic mass is 10.0. The summed E-state index contributed by atoms with van der Waals surface area (Å²) in [5.41, 5.74) is 3.39. The summed E-state index contributed by atoms with van der Waals surface area (Å²) < 4.78 is 63.6. The Bertz CT molecular complexity index is 2070. The van der Waals surface area contributed by atoms with E-state index in [2.05, 4.69) is 10.1 Å². The third-order valence-corrected chi connectivity index (χ3v) is 9.52. The molecule has 0 saturated heterocycles. The zero-order valence-corrected chi connectivity index (χ0v) is 30.0. The zero-order valence-electron chi connectivity index (χ0n) is 29.1. The SMILES string of the molecule is CCOC(=O)/C(O)=C/C(=O)c1cccc(COCCOCCCN(c2cc3oc(-c4ccc(F)cc4)c(C(=O)NC)c3cc2C2CC2)S(C)(=O)=O)c1. The number of hydrogen-bond acceptors (Lipinski definition) is 10. The number of nitrogens with zero attached hydrogens (tertiary/aromatic N) is 1. The maximum atomic E-state index is 13.7. The van der Waals surface area contributed by atoms with Crippen LogP contribution in [-0.2, 0) is 35.6 Å². The van der Waals surface area contributed by atoms with Crippen molar-refractivity contribution in [2.45, 2.75) is 38.7 Å². The molecule has 1 aromatic heterocycles. The molecular weight excluding hydrogens is 695 g/mol. The Labute approximate surface area is 301 Å². The van der Waals surface area contributed by atoms with E-state index in [1.807, 2.05) is 6.07 Å². The monoisotopic (exact) mass is 736 g/mol. The first-order chi connectivity index (χ1) is 24.9. The third kappa shape index (κ3) is 9.43. The van der Waals surface area contributed by atoms with E-state index >= 15 is 0 Å². The number of hydrogen-bond donors (Lipinski definition) is 2. The van der Waals surface area contributed by atoms with E-state index < -0.39 is 33.4 Å². The number of ketones is 1. The van der Waals surface area contributed by atoms with Crippen LogP contribution in [0.2, 0.25) is 0 Å². The Morgan fingerprint density at radius 1 is 1.04 bits per heavy atom. The zero-order chi connectivity index (χ0) is 37.4. The molecule has 1 saturated carbocycles. The summed E-state index contributed by atoms with van der Waals surface area (Å²) in [5.74, 6) is -2.73. The summed E-state index contributed by atoms with van der Waals surface area (Å²) in [6.45, 7) is 2.72. The molecule has 0 aliphatic heterocycles. The van der Waals surface area contributed by atoms with Crippen LogP contribution in [0.3, 0.4) is 0 Å². The number of rotatable bonds is 18. The number of halogens is 1. The van der Waals surface area contributed by atoms with Crippen molar-refractivity contribution in [3.8, 4) is 11.3 Å². The van der Waals surface area contributed by atoms with Gasteiger partial charge in [0.1, 0.15) is 17.2 Å². The Kier molecular flexibility index (Phi) is 12.5. The van der Waals surface area contributed by atoms with Crippen LogP contribution in [0.25, 0.3) is 22.3 Å². The topological polar surface area (TPSA) is 162 Å². The van der Waals surface area contributed by atoms with Gasteiger partial charge in [-0.1, -0.05) is 18.2 Å². The van der Waals surface area contributed by atoms with Crippen LogP contribution >= 0.6 is 0 Å². The molecule has 1 amide bonds. The van der Waals surface area contributed by atoms with Gasteiger partial charge in [-0.05, 0) is 79.6 Å². The van der Waals surface area contributed by atoms with Crippen molar-refractivity contribution in [2.75, 3.05) is 50.6 Å². The number of nitrogens with one attached hydrogen (secondary N) is 1. The number of aliphatic hydroxyl groups is 1. The van der Waals surface area contributed by atoms with E-state index in [1.54, 1.807) is 37.3 Å². The molecule has 0 unspecified atom stereocenters. The number of aliphatic hydroxyl groups excluding tert-OH is 1. The molecule has 5 rings (SSSR count). The van der Waals surface area contributed by atoms with Gasteiger partial charge in [-0.2, -0.15) is 0 Å². The van der Waals surface area contributed by atoms with Gasteiger partial charge in [0.05, 0.1) is 43.9 Å². The molecule has 3 aromatic carbocycles. The highest BCUT2D eigenvalue weighted by Crippen LogP contribution is 2.48. The van der Waals surface area contributed by atoms with Gasteiger partial charge in [0, 0.05) is 48.9 Å². The van der Waals surface area contributed by atoms with Crippen LogP contribution in [0.15, 0.2) is 76.9 Å². The molecule has 0 bridgehead atoms. The number of sulfonamides is 1. The molecule has 1 fully saturated rings. The number of amides is 1. The van der Waals surface area contributed by atoms with Crippen molar-refractivity contribution in [3.05, 3.63) is 101 Å². The fourth-order valence-corrected chi connectivity index (χ4v) is 6.69. The average Bonchev–Trinajstić information content (AvgIpc) is 3.90. The van der Waals surface area contributed by atoms with Crippen LogP contribution in [0.4, 0.5) is 10.1 Å². The summed E-state index contributed by atoms with van der Waals surface area (Å²) in [7, 11) is -2.21. The van der Waals surface area contributed by atoms with Gasteiger partial charge in [-0.3, -0.25) is 13.9 Å². The Morgan fingerprint density at radius 2 is 1.77 bits per heavy atom. The van der Waals surface area contributed by atoms with E-state index in [1.165, 1.54) is 35.6 Å². The molecule has 276 valence electrons. The van der Waals surface area contributed by atoms with Gasteiger partial charge in [-0.25, -0.2) is 17.6 Å². The molecule has 12 nitrogen and oxygen atoms in total. The highest BCUT2D eigenvalue weighted by Gasteiger charge is 2.33. The van der Waals surface area contributed by atoms with Gasteiger partial charge in [0.25, 0.3) is 5.91 Å². The average molecular weight is 737 g/mol. The predicted molar refractivity (Wildman–Crippen MR) is 192 cm³/mol. The standard InChI is InChI=1S/C38H41FN2O10S/c1-4-50-38(45)33(43)22-32(42)27-8-5-7-24(19-27)23-49-18-17-48-16-6-15-41(52(3,46)47)31-21-34-30(20-29(31)25-9-10-25)35(37(44)40-2)36(51-34)26-11-13-28(39)14-12-26/h5,7-8,11-14,19-22,25,43H,4,6,9-10,15-18,23H2,1-3H3,(H,40,44)/b33-22-. The van der Waals surface area contributed by atoms with Gasteiger partial charge >= 0.3 is 5.97 Å². The summed E-state index contributed by atoms with van der Waals surface area (Å²) in [6.07, 6.45) is 4.11. The van der Waals surface area contributed by atoms with E-state index in [4.69, 9.17) is 13.9 Å². The fraction of sp³-hybridized carbons (Fsp3) is 0.342.